The molecule has 0 atom stereocenters. The topological polar surface area (TPSA) is 86.1 Å². The van der Waals surface area contributed by atoms with Crippen LogP contribution in [0.15, 0.2) is 24.4 Å². The average molecular weight is 449 g/mol. The van der Waals surface area contributed by atoms with Gasteiger partial charge in [-0.05, 0) is 69.7 Å². The van der Waals surface area contributed by atoms with Crippen molar-refractivity contribution in [2.45, 2.75) is 66.2 Å². The molecule has 1 N–H and O–H groups in total. The predicted octanol–water partition coefficient (Wildman–Crippen LogP) is 5.43. The molecule has 7 heteroatoms. The number of hydrogen-bond donors (Lipinski definition) is 1. The van der Waals surface area contributed by atoms with Crippen molar-refractivity contribution in [2.75, 3.05) is 11.9 Å². The van der Waals surface area contributed by atoms with Crippen molar-refractivity contribution in [3.8, 4) is 5.82 Å². The summed E-state index contributed by atoms with van der Waals surface area (Å²) in [5.41, 5.74) is 4.40. The first kappa shape index (κ1) is 23.0. The van der Waals surface area contributed by atoms with Crippen molar-refractivity contribution in [1.29, 1.82) is 0 Å². The number of benzene rings is 1. The number of pyridine rings is 1. The number of amides is 1. The first-order valence-corrected chi connectivity index (χ1v) is 11.8. The number of rotatable bonds is 6. The summed E-state index contributed by atoms with van der Waals surface area (Å²) in [4.78, 5) is 30.4. The summed E-state index contributed by atoms with van der Waals surface area (Å²) < 4.78 is 6.75. The Labute approximate surface area is 194 Å². The molecule has 2 heterocycles. The maximum atomic E-state index is 12.9. The predicted molar refractivity (Wildman–Crippen MR) is 129 cm³/mol. The second kappa shape index (κ2) is 9.73. The fraction of sp³-hybridized carbons (Fsp3) is 0.462. The molecule has 3 aromatic rings. The molecule has 1 aromatic carbocycles. The van der Waals surface area contributed by atoms with E-state index >= 15 is 0 Å². The van der Waals surface area contributed by atoms with Crippen LogP contribution in [0, 0.1) is 26.7 Å². The summed E-state index contributed by atoms with van der Waals surface area (Å²) in [7, 11) is 0. The van der Waals surface area contributed by atoms with E-state index in [1.165, 1.54) is 35.7 Å². The third-order valence-electron chi connectivity index (χ3n) is 6.38. The van der Waals surface area contributed by atoms with Crippen LogP contribution in [0.4, 0.5) is 5.82 Å². The van der Waals surface area contributed by atoms with E-state index in [2.05, 4.69) is 29.5 Å². The molecule has 33 heavy (non-hydrogen) atoms. The molecule has 0 radical (unpaired) electrons. The first-order valence-electron chi connectivity index (χ1n) is 11.8. The number of fused-ring (bicyclic) bond motifs is 1. The molecule has 1 fully saturated rings. The van der Waals surface area contributed by atoms with Gasteiger partial charge in [0, 0.05) is 11.8 Å². The van der Waals surface area contributed by atoms with Crippen molar-refractivity contribution in [3.05, 3.63) is 46.6 Å². The average Bonchev–Trinajstić information content (AvgIpc) is 3.18. The molecule has 1 amide bonds. The normalized spacial score (nSPS) is 14.4. The molecule has 1 aliphatic carbocycles. The number of carbonyl (C=O) groups excluding carboxylic acids is 2. The molecule has 1 saturated carbocycles. The molecule has 0 spiro atoms. The summed E-state index contributed by atoms with van der Waals surface area (Å²) in [5.74, 6) is 0.619. The van der Waals surface area contributed by atoms with Crippen molar-refractivity contribution >= 4 is 28.6 Å². The minimum Gasteiger partial charge on any atom is -0.462 e. The van der Waals surface area contributed by atoms with E-state index in [0.29, 0.717) is 24.0 Å². The highest BCUT2D eigenvalue weighted by molar-refractivity contribution is 6.00. The van der Waals surface area contributed by atoms with E-state index in [1.807, 2.05) is 19.9 Å². The summed E-state index contributed by atoms with van der Waals surface area (Å²) >= 11 is 0. The van der Waals surface area contributed by atoms with Gasteiger partial charge in [0.2, 0.25) is 5.91 Å². The highest BCUT2D eigenvalue weighted by atomic mass is 16.5. The van der Waals surface area contributed by atoms with E-state index in [0.717, 1.165) is 34.9 Å². The van der Waals surface area contributed by atoms with Gasteiger partial charge < -0.3 is 10.1 Å². The Morgan fingerprint density at radius 3 is 2.58 bits per heavy atom. The second-order valence-corrected chi connectivity index (χ2v) is 9.07. The van der Waals surface area contributed by atoms with Gasteiger partial charge in [0.05, 0.1) is 18.3 Å². The zero-order valence-corrected chi connectivity index (χ0v) is 19.9. The lowest BCUT2D eigenvalue weighted by molar-refractivity contribution is -0.117. The molecule has 174 valence electrons. The molecule has 1 aliphatic rings. The van der Waals surface area contributed by atoms with Gasteiger partial charge in [-0.3, -0.25) is 4.79 Å². The van der Waals surface area contributed by atoms with Gasteiger partial charge in [-0.2, -0.15) is 9.78 Å². The highest BCUT2D eigenvalue weighted by Crippen LogP contribution is 2.29. The van der Waals surface area contributed by atoms with Crippen LogP contribution in [0.5, 0.6) is 0 Å². The molecule has 0 aliphatic heterocycles. The quantitative estimate of drug-likeness (QED) is 0.508. The highest BCUT2D eigenvalue weighted by Gasteiger charge is 2.24. The molecule has 0 bridgehead atoms. The van der Waals surface area contributed by atoms with Gasteiger partial charge in [-0.1, -0.05) is 30.9 Å². The monoisotopic (exact) mass is 448 g/mol. The maximum absolute atomic E-state index is 12.9. The first-order chi connectivity index (χ1) is 15.9. The fourth-order valence-corrected chi connectivity index (χ4v) is 4.77. The van der Waals surface area contributed by atoms with E-state index in [1.54, 1.807) is 6.92 Å². The minimum absolute atomic E-state index is 0.112. The zero-order valence-electron chi connectivity index (χ0n) is 19.9. The van der Waals surface area contributed by atoms with Gasteiger partial charge in [0.1, 0.15) is 5.56 Å². The Morgan fingerprint density at radius 2 is 1.85 bits per heavy atom. The number of nitrogens with zero attached hydrogens (tertiary/aromatic N) is 3. The smallest absolute Gasteiger partial charge is 0.343 e. The summed E-state index contributed by atoms with van der Waals surface area (Å²) in [5, 5.41) is 8.46. The number of anilines is 1. The summed E-state index contributed by atoms with van der Waals surface area (Å²) in [6.45, 7) is 8.13. The summed E-state index contributed by atoms with van der Waals surface area (Å²) in [6.07, 6.45) is 7.60. The van der Waals surface area contributed by atoms with Crippen LogP contribution in [0.1, 0.15) is 72.5 Å². The van der Waals surface area contributed by atoms with Crippen LogP contribution in [0.2, 0.25) is 0 Å². The van der Waals surface area contributed by atoms with Gasteiger partial charge in [-0.25, -0.2) is 9.78 Å². The van der Waals surface area contributed by atoms with Crippen molar-refractivity contribution < 1.29 is 14.3 Å². The molecule has 0 saturated heterocycles. The van der Waals surface area contributed by atoms with Gasteiger partial charge in [-0.15, -0.1) is 0 Å². The van der Waals surface area contributed by atoms with E-state index < -0.39 is 5.97 Å². The number of aromatic nitrogens is 3. The standard InChI is InChI=1S/C26H32N4O3/c1-5-33-26(32)21-15-27-30(25(21)29-23(31)14-19-9-7-6-8-10-19)22-13-17(3)20-12-16(2)11-18(4)24(20)28-22/h11-13,15,19H,5-10,14H2,1-4H3,(H,29,31). The van der Waals surface area contributed by atoms with E-state index in [9.17, 15) is 9.59 Å². The van der Waals surface area contributed by atoms with Crippen molar-refractivity contribution in [1.82, 2.24) is 14.8 Å². The van der Waals surface area contributed by atoms with Crippen LogP contribution in [-0.4, -0.2) is 33.2 Å². The third-order valence-corrected chi connectivity index (χ3v) is 6.38. The Kier molecular flexibility index (Phi) is 6.77. The lowest BCUT2D eigenvalue weighted by Crippen LogP contribution is -2.21. The van der Waals surface area contributed by atoms with Crippen LogP contribution in [0.3, 0.4) is 0 Å². The van der Waals surface area contributed by atoms with Crippen molar-refractivity contribution in [3.63, 3.8) is 0 Å². The number of nitrogens with one attached hydrogen (secondary N) is 1. The summed E-state index contributed by atoms with van der Waals surface area (Å²) in [6, 6.07) is 6.15. The SMILES string of the molecule is CCOC(=O)c1cnn(-c2cc(C)c3cc(C)cc(C)c3n2)c1NC(=O)CC1CCCCC1. The molecule has 7 nitrogen and oxygen atoms in total. The van der Waals surface area contributed by atoms with Crippen molar-refractivity contribution in [2.24, 2.45) is 5.92 Å². The Balaban J connectivity index is 1.73. The Morgan fingerprint density at radius 1 is 1.09 bits per heavy atom. The minimum atomic E-state index is -0.513. The van der Waals surface area contributed by atoms with Crippen LogP contribution in [-0.2, 0) is 9.53 Å². The number of ether oxygens (including phenoxy) is 1. The number of aryl methyl sites for hydroxylation is 3. The Hall–Kier alpha value is -3.22. The van der Waals surface area contributed by atoms with Gasteiger partial charge in [0.25, 0.3) is 0 Å². The third kappa shape index (κ3) is 4.92. The van der Waals surface area contributed by atoms with Crippen LogP contribution in [0.25, 0.3) is 16.7 Å². The maximum Gasteiger partial charge on any atom is 0.343 e. The molecule has 2 aromatic heterocycles. The van der Waals surface area contributed by atoms with E-state index in [4.69, 9.17) is 9.72 Å². The number of esters is 1. The fourth-order valence-electron chi connectivity index (χ4n) is 4.77. The van der Waals surface area contributed by atoms with E-state index in [-0.39, 0.29) is 18.1 Å². The zero-order chi connectivity index (χ0) is 23.5. The lowest BCUT2D eigenvalue weighted by atomic mass is 9.87. The molecular weight excluding hydrogens is 416 g/mol. The second-order valence-electron chi connectivity index (χ2n) is 9.07. The molecule has 0 unspecified atom stereocenters. The molecular formula is C26H32N4O3. The Bertz CT molecular complexity index is 1190. The lowest BCUT2D eigenvalue weighted by Gasteiger charge is -2.21. The number of carbonyl (C=O) groups is 2. The van der Waals surface area contributed by atoms with Crippen LogP contribution >= 0.6 is 0 Å². The molecule has 4 rings (SSSR count). The number of hydrogen-bond acceptors (Lipinski definition) is 5. The van der Waals surface area contributed by atoms with Gasteiger partial charge in [0.15, 0.2) is 11.6 Å². The van der Waals surface area contributed by atoms with Gasteiger partial charge >= 0.3 is 5.97 Å². The van der Waals surface area contributed by atoms with Crippen LogP contribution < -0.4 is 5.32 Å². The largest absolute Gasteiger partial charge is 0.462 e.